The maximum atomic E-state index is 13.5. The van der Waals surface area contributed by atoms with Crippen molar-refractivity contribution < 1.29 is 9.53 Å². The van der Waals surface area contributed by atoms with Crippen molar-refractivity contribution >= 4 is 27.7 Å². The van der Waals surface area contributed by atoms with Crippen molar-refractivity contribution in [3.63, 3.8) is 0 Å². The summed E-state index contributed by atoms with van der Waals surface area (Å²) in [6, 6.07) is 4.02. The quantitative estimate of drug-likeness (QED) is 0.507. The molecule has 0 spiro atoms. The van der Waals surface area contributed by atoms with Crippen LogP contribution in [0.1, 0.15) is 47.1 Å². The predicted molar refractivity (Wildman–Crippen MR) is 122 cm³/mol. The number of morpholine rings is 1. The molecule has 8 nitrogen and oxygen atoms in total. The van der Waals surface area contributed by atoms with Crippen LogP contribution in [0.25, 0.3) is 33.1 Å². The molecular weight excluding hydrogens is 404 g/mol. The van der Waals surface area contributed by atoms with Gasteiger partial charge in [-0.25, -0.2) is 4.98 Å². The lowest BCUT2D eigenvalue weighted by Gasteiger charge is -2.30. The number of benzene rings is 1. The van der Waals surface area contributed by atoms with Crippen LogP contribution in [0.4, 0.5) is 0 Å². The fourth-order valence-electron chi connectivity index (χ4n) is 5.25. The van der Waals surface area contributed by atoms with Gasteiger partial charge in [0.1, 0.15) is 0 Å². The fourth-order valence-corrected chi connectivity index (χ4v) is 5.25. The lowest BCUT2D eigenvalue weighted by molar-refractivity contribution is -0.0125. The molecule has 0 bridgehead atoms. The van der Waals surface area contributed by atoms with Gasteiger partial charge in [-0.05, 0) is 62.8 Å². The Morgan fingerprint density at radius 2 is 2.00 bits per heavy atom. The maximum absolute atomic E-state index is 13.5. The molecule has 6 rings (SSSR count). The van der Waals surface area contributed by atoms with Crippen LogP contribution in [-0.2, 0) is 17.6 Å². The van der Waals surface area contributed by atoms with Crippen LogP contribution in [0.5, 0.6) is 0 Å². The number of carbonyl (C=O) groups is 1. The van der Waals surface area contributed by atoms with E-state index >= 15 is 0 Å². The number of ether oxygens (including phenoxy) is 1. The van der Waals surface area contributed by atoms with E-state index in [0.29, 0.717) is 25.4 Å². The SMILES string of the molecule is Cc1[nH]ncc1-c1nc2ccc3[nH]nc(C(=O)N4CCO[C@@H](C)C4)c3c2c2c1CCCC2. The minimum atomic E-state index is -0.0433. The minimum Gasteiger partial charge on any atom is -0.375 e. The molecule has 0 radical (unpaired) electrons. The van der Waals surface area contributed by atoms with E-state index in [4.69, 9.17) is 9.72 Å². The van der Waals surface area contributed by atoms with Crippen LogP contribution in [0.3, 0.4) is 0 Å². The monoisotopic (exact) mass is 430 g/mol. The molecule has 1 aromatic carbocycles. The van der Waals surface area contributed by atoms with Crippen molar-refractivity contribution in [1.82, 2.24) is 30.3 Å². The standard InChI is InChI=1S/C24H26N6O2/c1-13-12-30(9-10-32-13)24(31)23-21-19(28-29-23)8-7-18-20(21)15-5-3-4-6-16(15)22(26-18)17-11-25-27-14(17)2/h7-8,11,13H,3-6,9-10,12H2,1-2H3,(H,25,27)(H,28,29)/t13-/m0/s1. The summed E-state index contributed by atoms with van der Waals surface area (Å²) in [6.07, 6.45) is 6.13. The third kappa shape index (κ3) is 2.93. The van der Waals surface area contributed by atoms with E-state index in [1.54, 1.807) is 0 Å². The highest BCUT2D eigenvalue weighted by Crippen LogP contribution is 2.39. The maximum Gasteiger partial charge on any atom is 0.275 e. The number of nitrogens with one attached hydrogen (secondary N) is 2. The average molecular weight is 431 g/mol. The second-order valence-electron chi connectivity index (χ2n) is 8.92. The summed E-state index contributed by atoms with van der Waals surface area (Å²) < 4.78 is 5.63. The number of H-pyrrole nitrogens is 2. The molecule has 1 fully saturated rings. The van der Waals surface area contributed by atoms with Crippen LogP contribution in [0.2, 0.25) is 0 Å². The number of aryl methyl sites for hydroxylation is 2. The zero-order valence-corrected chi connectivity index (χ0v) is 18.4. The largest absolute Gasteiger partial charge is 0.375 e. The number of fused-ring (bicyclic) bond motifs is 5. The number of hydrogen-bond acceptors (Lipinski definition) is 5. The number of carbonyl (C=O) groups excluding carboxylic acids is 1. The molecule has 32 heavy (non-hydrogen) atoms. The van der Waals surface area contributed by atoms with E-state index in [9.17, 15) is 4.79 Å². The summed E-state index contributed by atoms with van der Waals surface area (Å²) in [5, 5.41) is 16.8. The van der Waals surface area contributed by atoms with Crippen molar-refractivity contribution in [3.05, 3.63) is 40.8 Å². The summed E-state index contributed by atoms with van der Waals surface area (Å²) in [6.45, 7) is 5.75. The van der Waals surface area contributed by atoms with Gasteiger partial charge in [0.2, 0.25) is 0 Å². The van der Waals surface area contributed by atoms with E-state index < -0.39 is 0 Å². The molecular formula is C24H26N6O2. The van der Waals surface area contributed by atoms with Gasteiger partial charge in [-0.3, -0.25) is 15.0 Å². The summed E-state index contributed by atoms with van der Waals surface area (Å²) in [4.78, 5) is 20.4. The van der Waals surface area contributed by atoms with Crippen molar-refractivity contribution in [3.8, 4) is 11.3 Å². The van der Waals surface area contributed by atoms with Gasteiger partial charge in [0.25, 0.3) is 5.91 Å². The topological polar surface area (TPSA) is 99.8 Å². The Labute approximate surface area is 185 Å². The number of pyridine rings is 1. The summed E-state index contributed by atoms with van der Waals surface area (Å²) in [5.41, 5.74) is 7.93. The Bertz CT molecular complexity index is 1350. The summed E-state index contributed by atoms with van der Waals surface area (Å²) in [5.74, 6) is -0.0433. The van der Waals surface area contributed by atoms with Gasteiger partial charge in [-0.1, -0.05) is 0 Å². The molecule has 2 aliphatic rings. The first-order valence-corrected chi connectivity index (χ1v) is 11.4. The molecule has 3 aromatic heterocycles. The van der Waals surface area contributed by atoms with Crippen molar-refractivity contribution in [2.75, 3.05) is 19.7 Å². The van der Waals surface area contributed by atoms with Crippen molar-refractivity contribution in [1.29, 1.82) is 0 Å². The number of nitrogens with zero attached hydrogens (tertiary/aromatic N) is 4. The summed E-state index contributed by atoms with van der Waals surface area (Å²) >= 11 is 0. The summed E-state index contributed by atoms with van der Waals surface area (Å²) in [7, 11) is 0. The van der Waals surface area contributed by atoms with E-state index in [1.807, 2.05) is 37.1 Å². The predicted octanol–water partition coefficient (Wildman–Crippen LogP) is 3.55. The molecule has 2 N–H and O–H groups in total. The minimum absolute atomic E-state index is 0.0323. The zero-order chi connectivity index (χ0) is 21.8. The number of rotatable bonds is 2. The van der Waals surface area contributed by atoms with Gasteiger partial charge in [-0.15, -0.1) is 0 Å². The van der Waals surface area contributed by atoms with Crippen molar-refractivity contribution in [2.45, 2.75) is 45.6 Å². The fraction of sp³-hybridized carbons (Fsp3) is 0.417. The Morgan fingerprint density at radius 1 is 1.16 bits per heavy atom. The van der Waals surface area contributed by atoms with Gasteiger partial charge in [0.15, 0.2) is 5.69 Å². The third-order valence-corrected chi connectivity index (χ3v) is 6.81. The number of aromatic nitrogens is 5. The van der Waals surface area contributed by atoms with E-state index in [0.717, 1.165) is 64.4 Å². The van der Waals surface area contributed by atoms with Crippen LogP contribution in [-0.4, -0.2) is 62.0 Å². The van der Waals surface area contributed by atoms with Gasteiger partial charge in [0.05, 0.1) is 35.6 Å². The third-order valence-electron chi connectivity index (χ3n) is 6.81. The van der Waals surface area contributed by atoms with Crippen LogP contribution < -0.4 is 0 Å². The lowest BCUT2D eigenvalue weighted by Crippen LogP contribution is -2.44. The van der Waals surface area contributed by atoms with Gasteiger partial charge >= 0.3 is 0 Å². The van der Waals surface area contributed by atoms with Gasteiger partial charge in [-0.2, -0.15) is 10.2 Å². The highest BCUT2D eigenvalue weighted by Gasteiger charge is 2.29. The molecule has 1 aliphatic heterocycles. The first-order chi connectivity index (χ1) is 15.6. The molecule has 0 saturated carbocycles. The van der Waals surface area contributed by atoms with E-state index in [2.05, 4.69) is 20.4 Å². The van der Waals surface area contributed by atoms with Crippen LogP contribution >= 0.6 is 0 Å². The second kappa shape index (κ2) is 7.41. The molecule has 4 aromatic rings. The molecule has 1 saturated heterocycles. The van der Waals surface area contributed by atoms with Crippen LogP contribution in [0.15, 0.2) is 18.3 Å². The second-order valence-corrected chi connectivity index (χ2v) is 8.92. The molecule has 1 aliphatic carbocycles. The normalized spacial score (nSPS) is 18.9. The zero-order valence-electron chi connectivity index (χ0n) is 18.4. The first kappa shape index (κ1) is 19.4. The molecule has 1 atom stereocenters. The Morgan fingerprint density at radius 3 is 2.78 bits per heavy atom. The molecule has 164 valence electrons. The lowest BCUT2D eigenvalue weighted by atomic mass is 9.85. The van der Waals surface area contributed by atoms with Gasteiger partial charge < -0.3 is 9.64 Å². The Kier molecular flexibility index (Phi) is 4.50. The van der Waals surface area contributed by atoms with E-state index in [-0.39, 0.29) is 12.0 Å². The number of hydrogen-bond donors (Lipinski definition) is 2. The molecule has 4 heterocycles. The van der Waals surface area contributed by atoms with Crippen LogP contribution in [0, 0.1) is 6.92 Å². The Balaban J connectivity index is 1.60. The van der Waals surface area contributed by atoms with Gasteiger partial charge in [0, 0.05) is 35.1 Å². The molecule has 0 unspecified atom stereocenters. The smallest absolute Gasteiger partial charge is 0.275 e. The molecule has 8 heteroatoms. The highest BCUT2D eigenvalue weighted by molar-refractivity contribution is 6.17. The average Bonchev–Trinajstić information content (AvgIpc) is 3.44. The number of aromatic amines is 2. The highest BCUT2D eigenvalue weighted by atomic mass is 16.5. The first-order valence-electron chi connectivity index (χ1n) is 11.4. The van der Waals surface area contributed by atoms with E-state index in [1.165, 1.54) is 11.1 Å². The Hall–Kier alpha value is -3.26. The van der Waals surface area contributed by atoms with Crippen molar-refractivity contribution in [2.24, 2.45) is 0 Å². The number of amides is 1. The molecule has 1 amide bonds.